The molecule has 5 nitrogen and oxygen atoms in total. The number of rotatable bonds is 7. The summed E-state index contributed by atoms with van der Waals surface area (Å²) < 4.78 is 4.64. The molecular formula is C12H19N3O2. The molecule has 5 heteroatoms. The Morgan fingerprint density at radius 3 is 2.94 bits per heavy atom. The second-order valence-corrected chi connectivity index (χ2v) is 3.60. The lowest BCUT2D eigenvalue weighted by atomic mass is 10.2. The molecule has 0 bridgehead atoms. The average Bonchev–Trinajstić information content (AvgIpc) is 2.38. The molecule has 0 unspecified atom stereocenters. The fourth-order valence-electron chi connectivity index (χ4n) is 1.35. The summed E-state index contributed by atoms with van der Waals surface area (Å²) in [7, 11) is 1.37. The Morgan fingerprint density at radius 2 is 2.24 bits per heavy atom. The molecule has 2 N–H and O–H groups in total. The molecule has 1 aromatic heterocycles. The van der Waals surface area contributed by atoms with Crippen molar-refractivity contribution in [3.8, 4) is 0 Å². The summed E-state index contributed by atoms with van der Waals surface area (Å²) in [5.74, 6) is 0.339. The SMILES string of the molecule is CCCNCCNc1cc(C(=O)OC)ccn1. The molecule has 0 saturated carbocycles. The molecule has 0 spiro atoms. The maximum atomic E-state index is 11.3. The number of hydrogen-bond acceptors (Lipinski definition) is 5. The van der Waals surface area contributed by atoms with Gasteiger partial charge in [-0.15, -0.1) is 0 Å². The highest BCUT2D eigenvalue weighted by atomic mass is 16.5. The fraction of sp³-hybridized carbons (Fsp3) is 0.500. The molecule has 1 heterocycles. The van der Waals surface area contributed by atoms with Crippen LogP contribution in [0.1, 0.15) is 23.7 Å². The Morgan fingerprint density at radius 1 is 1.41 bits per heavy atom. The maximum absolute atomic E-state index is 11.3. The number of pyridine rings is 1. The zero-order valence-electron chi connectivity index (χ0n) is 10.3. The summed E-state index contributed by atoms with van der Waals surface area (Å²) in [6.07, 6.45) is 2.71. The summed E-state index contributed by atoms with van der Waals surface area (Å²) in [4.78, 5) is 15.4. The minimum absolute atomic E-state index is 0.348. The molecule has 0 amide bonds. The number of ether oxygens (including phenoxy) is 1. The minimum Gasteiger partial charge on any atom is -0.465 e. The van der Waals surface area contributed by atoms with E-state index in [0.29, 0.717) is 11.4 Å². The third kappa shape index (κ3) is 4.82. The minimum atomic E-state index is -0.348. The third-order valence-corrected chi connectivity index (χ3v) is 2.22. The second-order valence-electron chi connectivity index (χ2n) is 3.60. The first-order valence-corrected chi connectivity index (χ1v) is 5.77. The number of aromatic nitrogens is 1. The first kappa shape index (κ1) is 13.4. The van der Waals surface area contributed by atoms with E-state index in [0.717, 1.165) is 26.1 Å². The van der Waals surface area contributed by atoms with Crippen molar-refractivity contribution in [2.45, 2.75) is 13.3 Å². The molecule has 94 valence electrons. The quantitative estimate of drug-likeness (QED) is 0.552. The van der Waals surface area contributed by atoms with Gasteiger partial charge in [-0.25, -0.2) is 9.78 Å². The lowest BCUT2D eigenvalue weighted by Gasteiger charge is -2.07. The summed E-state index contributed by atoms with van der Waals surface area (Å²) in [6, 6.07) is 3.32. The van der Waals surface area contributed by atoms with Gasteiger partial charge in [0.25, 0.3) is 0 Å². The Kier molecular flexibility index (Phi) is 6.03. The predicted molar refractivity (Wildman–Crippen MR) is 67.2 cm³/mol. The Labute approximate surface area is 102 Å². The summed E-state index contributed by atoms with van der Waals surface area (Å²) in [5.41, 5.74) is 0.506. The Bertz CT molecular complexity index is 355. The van der Waals surface area contributed by atoms with E-state index in [2.05, 4.69) is 27.3 Å². The zero-order chi connectivity index (χ0) is 12.5. The van der Waals surface area contributed by atoms with Gasteiger partial charge in [-0.3, -0.25) is 0 Å². The van der Waals surface area contributed by atoms with Crippen LogP contribution < -0.4 is 10.6 Å². The van der Waals surface area contributed by atoms with Crippen LogP contribution in [0.15, 0.2) is 18.3 Å². The van der Waals surface area contributed by atoms with Crippen LogP contribution in [0, 0.1) is 0 Å². The normalized spacial score (nSPS) is 10.0. The van der Waals surface area contributed by atoms with E-state index in [1.807, 2.05) is 0 Å². The van der Waals surface area contributed by atoms with Crippen molar-refractivity contribution in [1.29, 1.82) is 0 Å². The standard InChI is InChI=1S/C12H19N3O2/c1-3-5-13-7-8-15-11-9-10(4-6-14-11)12(16)17-2/h4,6,9,13H,3,5,7-8H2,1-2H3,(H,14,15). The van der Waals surface area contributed by atoms with Crippen molar-refractivity contribution in [1.82, 2.24) is 10.3 Å². The number of anilines is 1. The van der Waals surface area contributed by atoms with Crippen LogP contribution in [0.25, 0.3) is 0 Å². The van der Waals surface area contributed by atoms with Gasteiger partial charge in [0.05, 0.1) is 12.7 Å². The number of methoxy groups -OCH3 is 1. The van der Waals surface area contributed by atoms with E-state index in [9.17, 15) is 4.79 Å². The lowest BCUT2D eigenvalue weighted by Crippen LogP contribution is -2.23. The van der Waals surface area contributed by atoms with Crippen molar-refractivity contribution in [2.24, 2.45) is 0 Å². The summed E-state index contributed by atoms with van der Waals surface area (Å²) in [5, 5.41) is 6.41. The van der Waals surface area contributed by atoms with E-state index in [1.54, 1.807) is 18.3 Å². The Balaban J connectivity index is 2.40. The molecule has 0 aliphatic carbocycles. The molecule has 0 aliphatic heterocycles. The zero-order valence-corrected chi connectivity index (χ0v) is 10.3. The molecule has 1 aromatic rings. The van der Waals surface area contributed by atoms with Gasteiger partial charge in [0.15, 0.2) is 0 Å². The molecule has 0 atom stereocenters. The molecule has 1 rings (SSSR count). The van der Waals surface area contributed by atoms with Gasteiger partial charge in [0.2, 0.25) is 0 Å². The van der Waals surface area contributed by atoms with Gasteiger partial charge in [-0.05, 0) is 25.1 Å². The maximum Gasteiger partial charge on any atom is 0.338 e. The highest BCUT2D eigenvalue weighted by Crippen LogP contribution is 2.07. The lowest BCUT2D eigenvalue weighted by molar-refractivity contribution is 0.0600. The predicted octanol–water partition coefficient (Wildman–Crippen LogP) is 1.28. The topological polar surface area (TPSA) is 63.2 Å². The van der Waals surface area contributed by atoms with E-state index in [-0.39, 0.29) is 5.97 Å². The number of nitrogens with one attached hydrogen (secondary N) is 2. The monoisotopic (exact) mass is 237 g/mol. The largest absolute Gasteiger partial charge is 0.465 e. The van der Waals surface area contributed by atoms with E-state index in [4.69, 9.17) is 0 Å². The van der Waals surface area contributed by atoms with Crippen LogP contribution >= 0.6 is 0 Å². The van der Waals surface area contributed by atoms with Crippen LogP contribution in [-0.4, -0.2) is 37.7 Å². The van der Waals surface area contributed by atoms with Gasteiger partial charge < -0.3 is 15.4 Å². The highest BCUT2D eigenvalue weighted by molar-refractivity contribution is 5.89. The Hall–Kier alpha value is -1.62. The van der Waals surface area contributed by atoms with Crippen molar-refractivity contribution < 1.29 is 9.53 Å². The summed E-state index contributed by atoms with van der Waals surface area (Å²) in [6.45, 7) is 4.79. The van der Waals surface area contributed by atoms with Crippen molar-refractivity contribution in [3.63, 3.8) is 0 Å². The fourth-order valence-corrected chi connectivity index (χ4v) is 1.35. The number of carbonyl (C=O) groups excluding carboxylic acids is 1. The smallest absolute Gasteiger partial charge is 0.338 e. The molecular weight excluding hydrogens is 218 g/mol. The molecule has 0 saturated heterocycles. The van der Waals surface area contributed by atoms with Gasteiger partial charge in [0.1, 0.15) is 5.82 Å². The van der Waals surface area contributed by atoms with E-state index >= 15 is 0 Å². The van der Waals surface area contributed by atoms with Gasteiger partial charge >= 0.3 is 5.97 Å². The molecule has 0 fully saturated rings. The molecule has 17 heavy (non-hydrogen) atoms. The van der Waals surface area contributed by atoms with Gasteiger partial charge in [-0.1, -0.05) is 6.92 Å². The molecule has 0 aliphatic rings. The van der Waals surface area contributed by atoms with E-state index < -0.39 is 0 Å². The van der Waals surface area contributed by atoms with Crippen LogP contribution in [0.5, 0.6) is 0 Å². The van der Waals surface area contributed by atoms with Crippen LogP contribution in [0.4, 0.5) is 5.82 Å². The van der Waals surface area contributed by atoms with Crippen molar-refractivity contribution in [2.75, 3.05) is 32.1 Å². The first-order valence-electron chi connectivity index (χ1n) is 5.77. The number of hydrogen-bond donors (Lipinski definition) is 2. The first-order chi connectivity index (χ1) is 8.27. The molecule has 0 radical (unpaired) electrons. The number of carbonyl (C=O) groups is 1. The van der Waals surface area contributed by atoms with Crippen LogP contribution in [0.2, 0.25) is 0 Å². The third-order valence-electron chi connectivity index (χ3n) is 2.22. The summed E-state index contributed by atoms with van der Waals surface area (Å²) >= 11 is 0. The number of nitrogens with zero attached hydrogens (tertiary/aromatic N) is 1. The van der Waals surface area contributed by atoms with Gasteiger partial charge in [0, 0.05) is 19.3 Å². The van der Waals surface area contributed by atoms with E-state index in [1.165, 1.54) is 7.11 Å². The van der Waals surface area contributed by atoms with Crippen molar-refractivity contribution >= 4 is 11.8 Å². The highest BCUT2D eigenvalue weighted by Gasteiger charge is 2.05. The van der Waals surface area contributed by atoms with Crippen molar-refractivity contribution in [3.05, 3.63) is 23.9 Å². The second kappa shape index (κ2) is 7.62. The molecule has 0 aromatic carbocycles. The van der Waals surface area contributed by atoms with Gasteiger partial charge in [-0.2, -0.15) is 0 Å². The van der Waals surface area contributed by atoms with Crippen LogP contribution in [-0.2, 0) is 4.74 Å². The van der Waals surface area contributed by atoms with Crippen LogP contribution in [0.3, 0.4) is 0 Å². The average molecular weight is 237 g/mol. The number of esters is 1.